The van der Waals surface area contributed by atoms with E-state index in [-0.39, 0.29) is 29.5 Å². The number of nitrogen functional groups attached to an aromatic ring is 1. The first-order chi connectivity index (χ1) is 15.5. The van der Waals surface area contributed by atoms with E-state index in [9.17, 15) is 14.7 Å². The molecule has 10 heteroatoms. The van der Waals surface area contributed by atoms with E-state index in [1.165, 1.54) is 10.8 Å². The Morgan fingerprint density at radius 3 is 2.45 bits per heavy atom. The van der Waals surface area contributed by atoms with Crippen LogP contribution in [0.2, 0.25) is 0 Å². The van der Waals surface area contributed by atoms with E-state index in [1.807, 2.05) is 52.8 Å². The van der Waals surface area contributed by atoms with Gasteiger partial charge in [0.05, 0.1) is 12.2 Å². The van der Waals surface area contributed by atoms with Gasteiger partial charge in [-0.05, 0) is 5.92 Å². The third-order valence-corrected chi connectivity index (χ3v) is 5.13. The zero-order chi connectivity index (χ0) is 24.3. The van der Waals surface area contributed by atoms with Crippen LogP contribution in [0.1, 0.15) is 52.5 Å². The van der Waals surface area contributed by atoms with E-state index in [1.54, 1.807) is 12.1 Å². The lowest BCUT2D eigenvalue weighted by Crippen LogP contribution is -2.45. The molecule has 2 aromatic heterocycles. The molecule has 33 heavy (non-hydrogen) atoms. The fraction of sp³-hybridized carbons (Fsp3) is 0.435. The molecule has 0 radical (unpaired) electrons. The largest absolute Gasteiger partial charge is 0.422 e. The molecule has 0 unspecified atom stereocenters. The summed E-state index contributed by atoms with van der Waals surface area (Å²) in [5.74, 6) is 0.0634. The van der Waals surface area contributed by atoms with Crippen LogP contribution < -0.4 is 16.6 Å². The minimum atomic E-state index is -1.22. The second-order valence-electron chi connectivity index (χ2n) is 9.27. The van der Waals surface area contributed by atoms with Gasteiger partial charge in [-0.25, -0.2) is 4.98 Å². The molecular formula is C23H30N6O4. The highest BCUT2D eigenvalue weighted by atomic mass is 16.4. The number of carbonyl (C=O) groups excluding carboxylic acids is 1. The number of anilines is 1. The summed E-state index contributed by atoms with van der Waals surface area (Å²) in [5, 5.41) is 21.6. The van der Waals surface area contributed by atoms with Crippen molar-refractivity contribution in [1.82, 2.24) is 25.1 Å². The normalized spacial score (nSPS) is 13.7. The van der Waals surface area contributed by atoms with Gasteiger partial charge < -0.3 is 20.6 Å². The monoisotopic (exact) mass is 454 g/mol. The molecular weight excluding hydrogens is 424 g/mol. The van der Waals surface area contributed by atoms with E-state index in [4.69, 9.17) is 10.2 Å². The summed E-state index contributed by atoms with van der Waals surface area (Å²) in [6.07, 6.45) is 0.0594. The van der Waals surface area contributed by atoms with Crippen molar-refractivity contribution in [2.45, 2.75) is 58.7 Å². The Morgan fingerprint density at radius 1 is 1.21 bits per heavy atom. The van der Waals surface area contributed by atoms with Gasteiger partial charge in [-0.2, -0.15) is 0 Å². The number of benzene rings is 1. The second kappa shape index (κ2) is 9.53. The van der Waals surface area contributed by atoms with Crippen LogP contribution in [0.25, 0.3) is 11.4 Å². The van der Waals surface area contributed by atoms with Gasteiger partial charge in [-0.3, -0.25) is 14.2 Å². The van der Waals surface area contributed by atoms with Crippen LogP contribution in [0.15, 0.2) is 45.7 Å². The van der Waals surface area contributed by atoms with Gasteiger partial charge >= 0.3 is 0 Å². The highest BCUT2D eigenvalue weighted by molar-refractivity contribution is 5.77. The van der Waals surface area contributed by atoms with Gasteiger partial charge in [0.2, 0.25) is 17.7 Å². The lowest BCUT2D eigenvalue weighted by molar-refractivity contribution is -0.124. The number of carbonyl (C=O) groups is 1. The summed E-state index contributed by atoms with van der Waals surface area (Å²) in [7, 11) is 0. The smallest absolute Gasteiger partial charge is 0.277 e. The van der Waals surface area contributed by atoms with Crippen molar-refractivity contribution in [3.63, 3.8) is 0 Å². The molecule has 2 atom stereocenters. The van der Waals surface area contributed by atoms with Crippen LogP contribution in [0, 0.1) is 5.92 Å². The lowest BCUT2D eigenvalue weighted by atomic mass is 9.97. The van der Waals surface area contributed by atoms with Crippen LogP contribution >= 0.6 is 0 Å². The maximum Gasteiger partial charge on any atom is 0.277 e. The molecule has 2 heterocycles. The summed E-state index contributed by atoms with van der Waals surface area (Å²) in [5.41, 5.74) is 5.46. The Balaban J connectivity index is 1.85. The molecule has 0 saturated heterocycles. The molecule has 0 aliphatic rings. The second-order valence-corrected chi connectivity index (χ2v) is 9.27. The molecule has 3 aromatic rings. The standard InChI is InChI=1S/C23H30N6O4/c1-13(2)17(18(31)20-27-28-22(33-20)23(3,4)5)26-16(30)12-29-19(14-9-7-6-8-10-14)25-11-15(24)21(29)32/h6-11,13,17-18,31H,12,24H2,1-5H3,(H,26,30)/t17-,18-/m0/s1. The molecule has 0 aliphatic heterocycles. The molecule has 1 aromatic carbocycles. The molecule has 0 aliphatic carbocycles. The van der Waals surface area contributed by atoms with Crippen molar-refractivity contribution in [3.8, 4) is 11.4 Å². The first kappa shape index (κ1) is 24.1. The van der Waals surface area contributed by atoms with Crippen molar-refractivity contribution < 1.29 is 14.3 Å². The van der Waals surface area contributed by atoms with Gasteiger partial charge in [-0.1, -0.05) is 65.0 Å². The van der Waals surface area contributed by atoms with Gasteiger partial charge in [-0.15, -0.1) is 10.2 Å². The molecule has 0 saturated carbocycles. The quantitative estimate of drug-likeness (QED) is 0.491. The Labute approximate surface area is 191 Å². The van der Waals surface area contributed by atoms with Gasteiger partial charge in [0.25, 0.3) is 5.56 Å². The highest BCUT2D eigenvalue weighted by Crippen LogP contribution is 2.26. The van der Waals surface area contributed by atoms with Crippen molar-refractivity contribution in [2.75, 3.05) is 5.73 Å². The maximum atomic E-state index is 13.0. The van der Waals surface area contributed by atoms with Crippen molar-refractivity contribution in [3.05, 3.63) is 58.7 Å². The number of aliphatic hydroxyl groups excluding tert-OH is 1. The molecule has 3 rings (SSSR count). The predicted octanol–water partition coefficient (Wildman–Crippen LogP) is 2.05. The lowest BCUT2D eigenvalue weighted by Gasteiger charge is -2.26. The van der Waals surface area contributed by atoms with Crippen LogP contribution in [0.4, 0.5) is 5.69 Å². The van der Waals surface area contributed by atoms with Gasteiger partial charge in [0, 0.05) is 11.0 Å². The van der Waals surface area contributed by atoms with Gasteiger partial charge in [0.15, 0.2) is 6.10 Å². The third-order valence-electron chi connectivity index (χ3n) is 5.13. The number of amides is 1. The summed E-state index contributed by atoms with van der Waals surface area (Å²) < 4.78 is 6.86. The molecule has 0 bridgehead atoms. The van der Waals surface area contributed by atoms with E-state index < -0.39 is 23.6 Å². The molecule has 0 fully saturated rings. The molecule has 0 spiro atoms. The number of aromatic nitrogens is 4. The summed E-state index contributed by atoms with van der Waals surface area (Å²) >= 11 is 0. The van der Waals surface area contributed by atoms with Crippen LogP contribution in [0.3, 0.4) is 0 Å². The topological polar surface area (TPSA) is 149 Å². The van der Waals surface area contributed by atoms with Crippen LogP contribution in [0.5, 0.6) is 0 Å². The van der Waals surface area contributed by atoms with Crippen molar-refractivity contribution >= 4 is 11.6 Å². The van der Waals surface area contributed by atoms with Crippen LogP contribution in [-0.4, -0.2) is 36.8 Å². The van der Waals surface area contributed by atoms with E-state index in [0.717, 1.165) is 0 Å². The number of nitrogens with zero attached hydrogens (tertiary/aromatic N) is 4. The Kier molecular flexibility index (Phi) is 6.97. The summed E-state index contributed by atoms with van der Waals surface area (Å²) in [4.78, 5) is 29.9. The first-order valence-corrected chi connectivity index (χ1v) is 10.7. The molecule has 176 valence electrons. The van der Waals surface area contributed by atoms with Crippen molar-refractivity contribution in [1.29, 1.82) is 0 Å². The number of hydrogen-bond donors (Lipinski definition) is 3. The maximum absolute atomic E-state index is 13.0. The zero-order valence-corrected chi connectivity index (χ0v) is 19.4. The van der Waals surface area contributed by atoms with Crippen molar-refractivity contribution in [2.24, 2.45) is 5.92 Å². The number of hydrogen-bond acceptors (Lipinski definition) is 8. The Hall–Kier alpha value is -3.53. The summed E-state index contributed by atoms with van der Waals surface area (Å²) in [6.45, 7) is 9.12. The number of nitrogens with two attached hydrogens (primary N) is 1. The number of rotatable bonds is 7. The third kappa shape index (κ3) is 5.46. The Bertz CT molecular complexity index is 1160. The molecule has 4 N–H and O–H groups in total. The number of nitrogens with one attached hydrogen (secondary N) is 1. The zero-order valence-electron chi connectivity index (χ0n) is 19.4. The highest BCUT2D eigenvalue weighted by Gasteiger charge is 2.32. The van der Waals surface area contributed by atoms with Crippen LogP contribution in [-0.2, 0) is 16.8 Å². The average molecular weight is 455 g/mol. The first-order valence-electron chi connectivity index (χ1n) is 10.7. The molecule has 1 amide bonds. The SMILES string of the molecule is CC(C)[C@H](NC(=O)Cn1c(-c2ccccc2)ncc(N)c1=O)[C@H](O)c1nnc(C(C)(C)C)o1. The van der Waals surface area contributed by atoms with E-state index >= 15 is 0 Å². The van der Waals surface area contributed by atoms with E-state index in [2.05, 4.69) is 20.5 Å². The average Bonchev–Trinajstić information content (AvgIpc) is 3.26. The summed E-state index contributed by atoms with van der Waals surface area (Å²) in [6, 6.07) is 8.31. The number of aliphatic hydroxyl groups is 1. The van der Waals surface area contributed by atoms with E-state index in [0.29, 0.717) is 17.3 Å². The minimum Gasteiger partial charge on any atom is -0.422 e. The fourth-order valence-electron chi connectivity index (χ4n) is 3.27. The minimum absolute atomic E-state index is 0.0201. The Morgan fingerprint density at radius 2 is 1.88 bits per heavy atom. The fourth-order valence-corrected chi connectivity index (χ4v) is 3.27. The molecule has 10 nitrogen and oxygen atoms in total. The predicted molar refractivity (Wildman–Crippen MR) is 123 cm³/mol. The van der Waals surface area contributed by atoms with Gasteiger partial charge in [0.1, 0.15) is 18.1 Å².